The fourth-order valence-corrected chi connectivity index (χ4v) is 6.38. The van der Waals surface area contributed by atoms with Crippen LogP contribution in [-0.2, 0) is 27.4 Å². The molecule has 0 saturated carbocycles. The molecule has 0 bridgehead atoms. The van der Waals surface area contributed by atoms with Gasteiger partial charge in [0.05, 0.1) is 24.5 Å². The van der Waals surface area contributed by atoms with E-state index in [1.54, 1.807) is 28.9 Å². The molecule has 0 aliphatic carbocycles. The first kappa shape index (κ1) is 34.2. The number of phenolic OH excluding ortho intramolecular Hbond substituents is 1. The molecule has 1 amide bonds. The first-order valence-electron chi connectivity index (χ1n) is 14.9. The third kappa shape index (κ3) is 8.30. The summed E-state index contributed by atoms with van der Waals surface area (Å²) in [5.41, 5.74) is 6.06. The van der Waals surface area contributed by atoms with Crippen molar-refractivity contribution in [3.63, 3.8) is 0 Å². The summed E-state index contributed by atoms with van der Waals surface area (Å²) in [5.74, 6) is 0.00682. The molecule has 4 aromatic carbocycles. The van der Waals surface area contributed by atoms with Gasteiger partial charge in [0.1, 0.15) is 5.75 Å². The van der Waals surface area contributed by atoms with Gasteiger partial charge in [-0.1, -0.05) is 119 Å². The predicted molar refractivity (Wildman–Crippen MR) is 184 cm³/mol. The standard InChI is InChI=1S/C34H30Cl3N5O5S/c35-34(36,37)32(45)38-18-25-3-1-2-4-29(25)22-9-11-24(12-10-22)31-46-28(17-30(47-31)23-7-5-21(19-43)6-8-23)20-48-33-39-40-41-42(33)26-13-15-27(44)16-14-26/h1-16,28,30-31,43-44H,17-20H2,(H,38,45). The Morgan fingerprint density at radius 3 is 2.35 bits per heavy atom. The number of tetrazole rings is 1. The van der Waals surface area contributed by atoms with E-state index in [4.69, 9.17) is 44.3 Å². The molecule has 1 fully saturated rings. The molecular weight excluding hydrogens is 697 g/mol. The number of aromatic hydroxyl groups is 1. The van der Waals surface area contributed by atoms with Gasteiger partial charge in [-0.3, -0.25) is 4.79 Å². The number of aliphatic hydroxyl groups is 1. The van der Waals surface area contributed by atoms with E-state index in [2.05, 4.69) is 20.8 Å². The van der Waals surface area contributed by atoms with Crippen LogP contribution < -0.4 is 5.32 Å². The highest BCUT2D eigenvalue weighted by molar-refractivity contribution is 7.99. The van der Waals surface area contributed by atoms with Gasteiger partial charge in [-0.25, -0.2) is 0 Å². The fraction of sp³-hybridized carbons (Fsp3) is 0.235. The zero-order valence-corrected chi connectivity index (χ0v) is 28.3. The van der Waals surface area contributed by atoms with Crippen LogP contribution in [0, 0.1) is 0 Å². The van der Waals surface area contributed by atoms with E-state index < -0.39 is 16.0 Å². The molecule has 14 heteroatoms. The van der Waals surface area contributed by atoms with Gasteiger partial charge in [-0.15, -0.1) is 5.10 Å². The summed E-state index contributed by atoms with van der Waals surface area (Å²) in [4.78, 5) is 12.1. The van der Waals surface area contributed by atoms with E-state index >= 15 is 0 Å². The van der Waals surface area contributed by atoms with Crippen LogP contribution >= 0.6 is 46.6 Å². The normalized spacial score (nSPS) is 18.0. The molecule has 3 N–H and O–H groups in total. The number of alkyl halides is 3. The van der Waals surface area contributed by atoms with E-state index in [-0.39, 0.29) is 31.1 Å². The summed E-state index contributed by atoms with van der Waals surface area (Å²) < 4.78 is 12.6. The van der Waals surface area contributed by atoms with E-state index in [1.807, 2.05) is 72.8 Å². The summed E-state index contributed by atoms with van der Waals surface area (Å²) in [6, 6.07) is 29.9. The number of rotatable bonds is 10. The Morgan fingerprint density at radius 2 is 1.65 bits per heavy atom. The average molecular weight is 727 g/mol. The lowest BCUT2D eigenvalue weighted by molar-refractivity contribution is -0.245. The summed E-state index contributed by atoms with van der Waals surface area (Å²) in [6.07, 6.45) is -0.554. The second kappa shape index (κ2) is 15.3. The molecule has 3 atom stereocenters. The number of nitrogens with zero attached hydrogens (tertiary/aromatic N) is 4. The average Bonchev–Trinajstić information content (AvgIpc) is 3.58. The number of carbonyl (C=O) groups excluding carboxylic acids is 1. The Labute approximate surface area is 295 Å². The number of thioether (sulfide) groups is 1. The van der Waals surface area contributed by atoms with Crippen molar-refractivity contribution in [2.45, 2.75) is 47.0 Å². The Bertz CT molecular complexity index is 1840. The summed E-state index contributed by atoms with van der Waals surface area (Å²) in [6.45, 7) is 0.146. The maximum Gasteiger partial charge on any atom is 0.272 e. The molecule has 1 aromatic heterocycles. The number of nitrogens with one attached hydrogen (secondary N) is 1. The number of hydrogen-bond donors (Lipinski definition) is 3. The van der Waals surface area contributed by atoms with Crippen molar-refractivity contribution in [1.29, 1.82) is 0 Å². The van der Waals surface area contributed by atoms with Crippen LogP contribution in [0.5, 0.6) is 5.75 Å². The van der Waals surface area contributed by atoms with Crippen molar-refractivity contribution in [3.05, 3.63) is 119 Å². The van der Waals surface area contributed by atoms with Crippen molar-refractivity contribution in [2.24, 2.45) is 0 Å². The third-order valence-electron chi connectivity index (χ3n) is 7.76. The van der Waals surface area contributed by atoms with E-state index in [0.29, 0.717) is 17.3 Å². The lowest BCUT2D eigenvalue weighted by Gasteiger charge is -2.36. The first-order chi connectivity index (χ1) is 23.2. The number of hydrogen-bond acceptors (Lipinski definition) is 9. The minimum Gasteiger partial charge on any atom is -0.508 e. The van der Waals surface area contributed by atoms with Crippen LogP contribution in [0.15, 0.2) is 102 Å². The quantitative estimate of drug-likeness (QED) is 0.104. The van der Waals surface area contributed by atoms with Crippen LogP contribution in [-0.4, -0.2) is 52.0 Å². The molecule has 48 heavy (non-hydrogen) atoms. The van der Waals surface area contributed by atoms with Gasteiger partial charge < -0.3 is 25.0 Å². The molecule has 0 spiro atoms. The topological polar surface area (TPSA) is 132 Å². The van der Waals surface area contributed by atoms with Crippen LogP contribution in [0.1, 0.15) is 41.1 Å². The second-order valence-electron chi connectivity index (χ2n) is 11.0. The van der Waals surface area contributed by atoms with Gasteiger partial charge >= 0.3 is 0 Å². The molecule has 1 aliphatic rings. The maximum atomic E-state index is 12.1. The Hall–Kier alpha value is -3.68. The van der Waals surface area contributed by atoms with Gasteiger partial charge in [0.2, 0.25) is 5.16 Å². The number of aromatic nitrogens is 4. The molecule has 2 heterocycles. The zero-order valence-electron chi connectivity index (χ0n) is 25.2. The lowest BCUT2D eigenvalue weighted by atomic mass is 9.98. The lowest BCUT2D eigenvalue weighted by Crippen LogP contribution is -2.34. The van der Waals surface area contributed by atoms with Crippen LogP contribution in [0.4, 0.5) is 0 Å². The molecule has 6 rings (SSSR count). The van der Waals surface area contributed by atoms with Crippen LogP contribution in [0.2, 0.25) is 0 Å². The highest BCUT2D eigenvalue weighted by Gasteiger charge is 2.33. The van der Waals surface area contributed by atoms with Gasteiger partial charge in [-0.2, -0.15) is 4.68 Å². The SMILES string of the molecule is O=C(NCc1ccccc1-c1ccc(C2OC(CSc3nnnn3-c3ccc(O)cc3)CC(c3ccc(CO)cc3)O2)cc1)C(Cl)(Cl)Cl. The smallest absolute Gasteiger partial charge is 0.272 e. The molecule has 10 nitrogen and oxygen atoms in total. The Balaban J connectivity index is 1.21. The van der Waals surface area contributed by atoms with Crippen molar-refractivity contribution in [3.8, 4) is 22.6 Å². The minimum absolute atomic E-state index is 0.0404. The van der Waals surface area contributed by atoms with Gasteiger partial charge in [-0.05, 0) is 62.5 Å². The maximum absolute atomic E-state index is 12.1. The zero-order chi connectivity index (χ0) is 33.7. The summed E-state index contributed by atoms with van der Waals surface area (Å²) in [7, 11) is 0. The number of amides is 1. The molecule has 1 saturated heterocycles. The van der Waals surface area contributed by atoms with Gasteiger partial charge in [0.15, 0.2) is 6.29 Å². The van der Waals surface area contributed by atoms with Crippen molar-refractivity contribution < 1.29 is 24.5 Å². The van der Waals surface area contributed by atoms with E-state index in [1.165, 1.54) is 11.8 Å². The predicted octanol–water partition coefficient (Wildman–Crippen LogP) is 6.85. The molecule has 5 aromatic rings. The number of phenols is 1. The van der Waals surface area contributed by atoms with E-state index in [0.717, 1.165) is 39.1 Å². The number of aliphatic hydroxyl groups excluding tert-OH is 1. The molecule has 1 aliphatic heterocycles. The number of carbonyl (C=O) groups is 1. The van der Waals surface area contributed by atoms with Crippen LogP contribution in [0.3, 0.4) is 0 Å². The fourth-order valence-electron chi connectivity index (χ4n) is 5.27. The Morgan fingerprint density at radius 1 is 0.938 bits per heavy atom. The number of ether oxygens (including phenoxy) is 2. The third-order valence-corrected chi connectivity index (χ3v) is 9.32. The molecule has 248 valence electrons. The Kier molecular flexibility index (Phi) is 10.9. The second-order valence-corrected chi connectivity index (χ2v) is 14.3. The number of benzene rings is 4. The van der Waals surface area contributed by atoms with Crippen molar-refractivity contribution in [1.82, 2.24) is 25.5 Å². The first-order valence-corrected chi connectivity index (χ1v) is 17.0. The van der Waals surface area contributed by atoms with E-state index in [9.17, 15) is 15.0 Å². The molecular formula is C34H30Cl3N5O5S. The number of halogens is 3. The molecule has 3 unspecified atom stereocenters. The van der Waals surface area contributed by atoms with Gasteiger partial charge in [0.25, 0.3) is 9.70 Å². The largest absolute Gasteiger partial charge is 0.508 e. The monoisotopic (exact) mass is 725 g/mol. The highest BCUT2D eigenvalue weighted by atomic mass is 35.6. The summed E-state index contributed by atoms with van der Waals surface area (Å²) >= 11 is 18.6. The summed E-state index contributed by atoms with van der Waals surface area (Å²) in [5, 5.41) is 34.6. The van der Waals surface area contributed by atoms with Crippen LogP contribution in [0.25, 0.3) is 16.8 Å². The highest BCUT2D eigenvalue weighted by Crippen LogP contribution is 2.40. The van der Waals surface area contributed by atoms with Crippen molar-refractivity contribution in [2.75, 3.05) is 5.75 Å². The molecule has 0 radical (unpaired) electrons. The minimum atomic E-state index is -2.05. The van der Waals surface area contributed by atoms with Crippen molar-refractivity contribution >= 4 is 52.5 Å². The van der Waals surface area contributed by atoms with Gasteiger partial charge in [0, 0.05) is 24.3 Å².